The molecule has 4 heteroatoms. The van der Waals surface area contributed by atoms with Crippen LogP contribution in [-0.2, 0) is 19.1 Å². The summed E-state index contributed by atoms with van der Waals surface area (Å²) >= 11 is 0. The van der Waals surface area contributed by atoms with Gasteiger partial charge < -0.3 is 9.47 Å². The van der Waals surface area contributed by atoms with E-state index in [2.05, 4.69) is 13.8 Å². The second kappa shape index (κ2) is 26.8. The van der Waals surface area contributed by atoms with Gasteiger partial charge in [-0.25, -0.2) is 0 Å². The SMILES string of the molecule is CCCCCCCCCCCCCCOC(=O)C1(C(=O)OCCCCCCCCCCCCCC)CCCCC1. The van der Waals surface area contributed by atoms with Crippen LogP contribution in [0.5, 0.6) is 0 Å². The van der Waals surface area contributed by atoms with E-state index in [0.29, 0.717) is 26.1 Å². The molecule has 1 fully saturated rings. The molecular formula is C36H68O4. The molecule has 0 atom stereocenters. The molecule has 0 radical (unpaired) electrons. The third-order valence-electron chi connectivity index (χ3n) is 8.95. The lowest BCUT2D eigenvalue weighted by molar-refractivity contribution is -0.175. The molecule has 4 nitrogen and oxygen atoms in total. The maximum atomic E-state index is 13.1. The Bertz CT molecular complexity index is 537. The summed E-state index contributed by atoms with van der Waals surface area (Å²) in [7, 11) is 0. The zero-order valence-corrected chi connectivity index (χ0v) is 27.1. The predicted octanol–water partition coefficient (Wildman–Crippen LogP) is 11.4. The lowest BCUT2D eigenvalue weighted by atomic mass is 9.74. The van der Waals surface area contributed by atoms with Crippen molar-refractivity contribution in [3.8, 4) is 0 Å². The molecule has 0 spiro atoms. The lowest BCUT2D eigenvalue weighted by Crippen LogP contribution is -2.43. The Hall–Kier alpha value is -1.06. The van der Waals surface area contributed by atoms with E-state index in [9.17, 15) is 9.59 Å². The van der Waals surface area contributed by atoms with Gasteiger partial charge in [0.1, 0.15) is 0 Å². The largest absolute Gasteiger partial charge is 0.465 e. The number of unbranched alkanes of at least 4 members (excludes halogenated alkanes) is 22. The number of carbonyl (C=O) groups excluding carboxylic acids is 2. The van der Waals surface area contributed by atoms with Gasteiger partial charge in [-0.3, -0.25) is 9.59 Å². The fraction of sp³-hybridized carbons (Fsp3) is 0.944. The number of ether oxygens (including phenoxy) is 2. The summed E-state index contributed by atoms with van der Waals surface area (Å²) in [5.74, 6) is -0.648. The van der Waals surface area contributed by atoms with Crippen LogP contribution in [0, 0.1) is 5.41 Å². The maximum absolute atomic E-state index is 13.1. The van der Waals surface area contributed by atoms with Crippen LogP contribution in [0.15, 0.2) is 0 Å². The second-order valence-electron chi connectivity index (χ2n) is 12.7. The molecule has 0 saturated heterocycles. The summed E-state index contributed by atoms with van der Waals surface area (Å²) in [6.07, 6.45) is 34.9. The Labute approximate surface area is 249 Å². The highest BCUT2D eigenvalue weighted by Crippen LogP contribution is 2.39. The minimum atomic E-state index is -1.05. The summed E-state index contributed by atoms with van der Waals surface area (Å²) < 4.78 is 11.4. The molecule has 1 saturated carbocycles. The summed E-state index contributed by atoms with van der Waals surface area (Å²) in [6.45, 7) is 5.41. The van der Waals surface area contributed by atoms with Crippen LogP contribution in [0.4, 0.5) is 0 Å². The van der Waals surface area contributed by atoms with Gasteiger partial charge in [0, 0.05) is 0 Å². The Balaban J connectivity index is 2.10. The zero-order valence-electron chi connectivity index (χ0n) is 27.1. The number of carbonyl (C=O) groups is 2. The van der Waals surface area contributed by atoms with Crippen LogP contribution in [0.1, 0.15) is 200 Å². The van der Waals surface area contributed by atoms with Gasteiger partial charge in [0.15, 0.2) is 5.41 Å². The van der Waals surface area contributed by atoms with Crippen molar-refractivity contribution in [2.45, 2.75) is 200 Å². The molecule has 0 amide bonds. The molecule has 1 aliphatic rings. The van der Waals surface area contributed by atoms with E-state index in [1.165, 1.54) is 128 Å². The Morgan fingerprint density at radius 2 is 0.700 bits per heavy atom. The maximum Gasteiger partial charge on any atom is 0.323 e. The van der Waals surface area contributed by atoms with Crippen LogP contribution in [0.2, 0.25) is 0 Å². The highest BCUT2D eigenvalue weighted by atomic mass is 16.6. The molecule has 0 aliphatic heterocycles. The standard InChI is InChI=1S/C36H68O4/c1-3-5-7-9-11-13-15-17-19-21-23-28-32-39-34(37)36(30-26-25-27-31-36)35(38)40-33-29-24-22-20-18-16-14-12-10-8-6-4-2/h3-33H2,1-2H3. The van der Waals surface area contributed by atoms with Crippen LogP contribution in [-0.4, -0.2) is 25.2 Å². The van der Waals surface area contributed by atoms with E-state index < -0.39 is 5.41 Å². The Kier molecular flexibility index (Phi) is 24.8. The fourth-order valence-corrected chi connectivity index (χ4v) is 6.14. The predicted molar refractivity (Wildman–Crippen MR) is 170 cm³/mol. The molecule has 0 heterocycles. The minimum absolute atomic E-state index is 0.324. The average molecular weight is 565 g/mol. The number of esters is 2. The Morgan fingerprint density at radius 1 is 0.425 bits per heavy atom. The van der Waals surface area contributed by atoms with Crippen LogP contribution < -0.4 is 0 Å². The molecule has 236 valence electrons. The normalized spacial score (nSPS) is 14.8. The number of hydrogen-bond donors (Lipinski definition) is 0. The fourth-order valence-electron chi connectivity index (χ4n) is 6.14. The number of rotatable bonds is 28. The Morgan fingerprint density at radius 3 is 1.00 bits per heavy atom. The van der Waals surface area contributed by atoms with Crippen molar-refractivity contribution < 1.29 is 19.1 Å². The molecule has 0 aromatic rings. The van der Waals surface area contributed by atoms with Crippen LogP contribution >= 0.6 is 0 Å². The van der Waals surface area contributed by atoms with Gasteiger partial charge >= 0.3 is 11.9 Å². The molecule has 1 aliphatic carbocycles. The first kappa shape index (κ1) is 37.0. The molecule has 1 rings (SSSR count). The van der Waals surface area contributed by atoms with Crippen molar-refractivity contribution in [3.63, 3.8) is 0 Å². The topological polar surface area (TPSA) is 52.6 Å². The van der Waals surface area contributed by atoms with Gasteiger partial charge in [0.2, 0.25) is 0 Å². The van der Waals surface area contributed by atoms with Crippen molar-refractivity contribution in [1.29, 1.82) is 0 Å². The first-order valence-corrected chi connectivity index (χ1v) is 18.0. The number of hydrogen-bond acceptors (Lipinski definition) is 4. The van der Waals surface area contributed by atoms with Crippen molar-refractivity contribution >= 4 is 11.9 Å². The van der Waals surface area contributed by atoms with E-state index >= 15 is 0 Å². The molecule has 40 heavy (non-hydrogen) atoms. The van der Waals surface area contributed by atoms with Crippen LogP contribution in [0.25, 0.3) is 0 Å². The van der Waals surface area contributed by atoms with Crippen molar-refractivity contribution in [2.75, 3.05) is 13.2 Å². The summed E-state index contributed by atoms with van der Waals surface area (Å²) in [4.78, 5) is 26.1. The van der Waals surface area contributed by atoms with E-state index in [4.69, 9.17) is 9.47 Å². The second-order valence-corrected chi connectivity index (χ2v) is 12.7. The molecule has 0 unspecified atom stereocenters. The first-order valence-electron chi connectivity index (χ1n) is 18.0. The van der Waals surface area contributed by atoms with Crippen LogP contribution in [0.3, 0.4) is 0 Å². The smallest absolute Gasteiger partial charge is 0.323 e. The van der Waals surface area contributed by atoms with E-state index in [-0.39, 0.29) is 11.9 Å². The minimum Gasteiger partial charge on any atom is -0.465 e. The molecule has 0 aromatic carbocycles. The first-order chi connectivity index (χ1) is 19.7. The van der Waals surface area contributed by atoms with E-state index in [1.54, 1.807) is 0 Å². The van der Waals surface area contributed by atoms with Gasteiger partial charge in [-0.15, -0.1) is 0 Å². The molecule has 0 aromatic heterocycles. The van der Waals surface area contributed by atoms with Crippen molar-refractivity contribution in [2.24, 2.45) is 5.41 Å². The molecule has 0 N–H and O–H groups in total. The summed E-state index contributed by atoms with van der Waals surface area (Å²) in [5.41, 5.74) is -1.05. The lowest BCUT2D eigenvalue weighted by Gasteiger charge is -2.32. The van der Waals surface area contributed by atoms with Gasteiger partial charge in [0.05, 0.1) is 13.2 Å². The average Bonchev–Trinajstić information content (AvgIpc) is 2.98. The highest BCUT2D eigenvalue weighted by Gasteiger charge is 2.49. The van der Waals surface area contributed by atoms with Gasteiger partial charge in [-0.1, -0.05) is 174 Å². The van der Waals surface area contributed by atoms with Crippen molar-refractivity contribution in [1.82, 2.24) is 0 Å². The van der Waals surface area contributed by atoms with E-state index in [1.807, 2.05) is 0 Å². The zero-order chi connectivity index (χ0) is 29.0. The third-order valence-corrected chi connectivity index (χ3v) is 8.95. The van der Waals surface area contributed by atoms with Gasteiger partial charge in [-0.2, -0.15) is 0 Å². The van der Waals surface area contributed by atoms with Crippen molar-refractivity contribution in [3.05, 3.63) is 0 Å². The summed E-state index contributed by atoms with van der Waals surface area (Å²) in [5, 5.41) is 0. The third kappa shape index (κ3) is 18.4. The molecule has 0 bridgehead atoms. The highest BCUT2D eigenvalue weighted by molar-refractivity contribution is 6.00. The van der Waals surface area contributed by atoms with E-state index in [0.717, 1.165) is 44.9 Å². The van der Waals surface area contributed by atoms with Gasteiger partial charge in [-0.05, 0) is 25.7 Å². The quantitative estimate of drug-likeness (QED) is 0.0538. The summed E-state index contributed by atoms with van der Waals surface area (Å²) in [6, 6.07) is 0. The van der Waals surface area contributed by atoms with Gasteiger partial charge in [0.25, 0.3) is 0 Å². The monoisotopic (exact) mass is 565 g/mol. The molecular weight excluding hydrogens is 496 g/mol.